The molecule has 1 saturated heterocycles. The number of piperazine rings is 1. The number of hydrogen-bond acceptors (Lipinski definition) is 2. The van der Waals surface area contributed by atoms with Crippen molar-refractivity contribution in [3.8, 4) is 0 Å². The van der Waals surface area contributed by atoms with Crippen LogP contribution in [0.15, 0.2) is 24.3 Å². The third kappa shape index (κ3) is 3.02. The van der Waals surface area contributed by atoms with Gasteiger partial charge in [0, 0.05) is 37.9 Å². The first-order valence-corrected chi connectivity index (χ1v) is 7.17. The maximum atomic E-state index is 13.6. The van der Waals surface area contributed by atoms with E-state index in [0.717, 1.165) is 0 Å². The van der Waals surface area contributed by atoms with Crippen molar-refractivity contribution in [1.29, 1.82) is 0 Å². The number of alkyl halides is 1. The lowest BCUT2D eigenvalue weighted by molar-refractivity contribution is -0.131. The van der Waals surface area contributed by atoms with Gasteiger partial charge in [-0.05, 0) is 12.1 Å². The summed E-state index contributed by atoms with van der Waals surface area (Å²) < 4.78 is 13.6. The van der Waals surface area contributed by atoms with Gasteiger partial charge in [0.2, 0.25) is 5.91 Å². The molecule has 0 saturated carbocycles. The van der Waals surface area contributed by atoms with Crippen LogP contribution in [-0.2, 0) is 4.79 Å². The molecule has 0 aromatic heterocycles. The Morgan fingerprint density at radius 1 is 1.22 bits per heavy atom. The maximum Gasteiger partial charge on any atom is 0.223 e. The van der Waals surface area contributed by atoms with E-state index in [2.05, 4.69) is 15.9 Å². The third-order valence-corrected chi connectivity index (χ3v) is 3.53. The first kappa shape index (κ1) is 13.3. The van der Waals surface area contributed by atoms with Crippen LogP contribution in [0, 0.1) is 5.82 Å². The Morgan fingerprint density at radius 2 is 1.89 bits per heavy atom. The van der Waals surface area contributed by atoms with Gasteiger partial charge in [0.15, 0.2) is 0 Å². The Balaban J connectivity index is 1.95. The summed E-state index contributed by atoms with van der Waals surface area (Å²) in [6.45, 7) is 2.71. The Labute approximate surface area is 115 Å². The van der Waals surface area contributed by atoms with Crippen molar-refractivity contribution in [2.75, 3.05) is 36.4 Å². The van der Waals surface area contributed by atoms with Crippen molar-refractivity contribution in [2.24, 2.45) is 0 Å². The van der Waals surface area contributed by atoms with E-state index in [9.17, 15) is 9.18 Å². The molecule has 0 unspecified atom stereocenters. The summed E-state index contributed by atoms with van der Waals surface area (Å²) in [7, 11) is 0. The van der Waals surface area contributed by atoms with E-state index < -0.39 is 0 Å². The number of rotatable bonds is 3. The molecule has 1 aromatic rings. The number of para-hydroxylation sites is 1. The SMILES string of the molecule is O=C(CCBr)N1CCN(c2ccccc2F)CC1. The van der Waals surface area contributed by atoms with Crippen molar-refractivity contribution in [3.63, 3.8) is 0 Å². The van der Waals surface area contributed by atoms with Crippen LogP contribution in [0.4, 0.5) is 10.1 Å². The fourth-order valence-corrected chi connectivity index (χ4v) is 2.48. The minimum Gasteiger partial charge on any atom is -0.366 e. The van der Waals surface area contributed by atoms with Gasteiger partial charge in [0.1, 0.15) is 5.82 Å². The number of anilines is 1. The van der Waals surface area contributed by atoms with E-state index in [1.54, 1.807) is 12.1 Å². The first-order valence-electron chi connectivity index (χ1n) is 6.05. The standard InChI is InChI=1S/C13H16BrFN2O/c14-6-5-13(18)17-9-7-16(8-10-17)12-4-2-1-3-11(12)15/h1-4H,5-10H2. The zero-order valence-electron chi connectivity index (χ0n) is 10.1. The second-order valence-corrected chi connectivity index (χ2v) is 5.05. The summed E-state index contributed by atoms with van der Waals surface area (Å²) in [6, 6.07) is 6.78. The van der Waals surface area contributed by atoms with Crippen LogP contribution in [0.2, 0.25) is 0 Å². The quantitative estimate of drug-likeness (QED) is 0.799. The van der Waals surface area contributed by atoms with Crippen molar-refractivity contribution < 1.29 is 9.18 Å². The van der Waals surface area contributed by atoms with Gasteiger partial charge < -0.3 is 9.80 Å². The molecule has 3 nitrogen and oxygen atoms in total. The summed E-state index contributed by atoms with van der Waals surface area (Å²) in [4.78, 5) is 15.6. The molecule has 1 aliphatic heterocycles. The minimum absolute atomic E-state index is 0.167. The molecule has 0 aliphatic carbocycles. The van der Waals surface area contributed by atoms with Gasteiger partial charge in [-0.3, -0.25) is 4.79 Å². The van der Waals surface area contributed by atoms with Gasteiger partial charge >= 0.3 is 0 Å². The highest BCUT2D eigenvalue weighted by Gasteiger charge is 2.21. The van der Waals surface area contributed by atoms with Crippen LogP contribution >= 0.6 is 15.9 Å². The molecule has 1 fully saturated rings. The highest BCUT2D eigenvalue weighted by atomic mass is 79.9. The normalized spacial score (nSPS) is 15.9. The highest BCUT2D eigenvalue weighted by molar-refractivity contribution is 9.09. The Hall–Kier alpha value is -1.10. The maximum absolute atomic E-state index is 13.6. The Kier molecular flexibility index (Phi) is 4.58. The predicted octanol–water partition coefficient (Wildman–Crippen LogP) is 2.26. The van der Waals surface area contributed by atoms with E-state index in [4.69, 9.17) is 0 Å². The van der Waals surface area contributed by atoms with E-state index in [1.165, 1.54) is 6.07 Å². The molecule has 0 atom stereocenters. The monoisotopic (exact) mass is 314 g/mol. The third-order valence-electron chi connectivity index (χ3n) is 3.13. The highest BCUT2D eigenvalue weighted by Crippen LogP contribution is 2.20. The lowest BCUT2D eigenvalue weighted by Gasteiger charge is -2.36. The van der Waals surface area contributed by atoms with Crippen LogP contribution in [0.5, 0.6) is 0 Å². The lowest BCUT2D eigenvalue weighted by Crippen LogP contribution is -2.49. The number of carbonyl (C=O) groups is 1. The Bertz CT molecular complexity index is 419. The van der Waals surface area contributed by atoms with Crippen LogP contribution in [0.3, 0.4) is 0 Å². The fourth-order valence-electron chi connectivity index (χ4n) is 2.14. The molecule has 0 radical (unpaired) electrons. The van der Waals surface area contributed by atoms with Gasteiger partial charge in [-0.1, -0.05) is 28.1 Å². The number of benzene rings is 1. The van der Waals surface area contributed by atoms with Crippen LogP contribution in [0.1, 0.15) is 6.42 Å². The van der Waals surface area contributed by atoms with Crippen LogP contribution in [0.25, 0.3) is 0 Å². The summed E-state index contributed by atoms with van der Waals surface area (Å²) in [6.07, 6.45) is 0.527. The largest absolute Gasteiger partial charge is 0.366 e. The molecule has 1 amide bonds. The van der Waals surface area contributed by atoms with Crippen LogP contribution < -0.4 is 4.90 Å². The molecule has 0 spiro atoms. The second kappa shape index (κ2) is 6.18. The number of hydrogen-bond donors (Lipinski definition) is 0. The lowest BCUT2D eigenvalue weighted by atomic mass is 10.2. The van der Waals surface area contributed by atoms with Gasteiger partial charge in [-0.2, -0.15) is 0 Å². The van der Waals surface area contributed by atoms with Crippen molar-refractivity contribution >= 4 is 27.5 Å². The van der Waals surface area contributed by atoms with Crippen molar-refractivity contribution in [2.45, 2.75) is 6.42 Å². The minimum atomic E-state index is -0.197. The van der Waals surface area contributed by atoms with Crippen molar-refractivity contribution in [1.82, 2.24) is 4.90 Å². The molecule has 0 bridgehead atoms. The zero-order valence-corrected chi connectivity index (χ0v) is 11.7. The number of amides is 1. The number of halogens is 2. The summed E-state index contributed by atoms with van der Waals surface area (Å²) in [5.74, 6) is -0.0298. The second-order valence-electron chi connectivity index (χ2n) is 4.26. The molecule has 98 valence electrons. The van der Waals surface area contributed by atoms with Gasteiger partial charge in [0.05, 0.1) is 5.69 Å². The molecule has 1 aromatic carbocycles. The number of carbonyl (C=O) groups excluding carboxylic acids is 1. The summed E-state index contributed by atoms with van der Waals surface area (Å²) in [5, 5.41) is 0.694. The van der Waals surface area contributed by atoms with Gasteiger partial charge in [0.25, 0.3) is 0 Å². The smallest absolute Gasteiger partial charge is 0.223 e. The molecule has 18 heavy (non-hydrogen) atoms. The number of nitrogens with zero attached hydrogens (tertiary/aromatic N) is 2. The van der Waals surface area contributed by atoms with Crippen molar-refractivity contribution in [3.05, 3.63) is 30.1 Å². The van der Waals surface area contributed by atoms with E-state index >= 15 is 0 Å². The van der Waals surface area contributed by atoms with Gasteiger partial charge in [-0.25, -0.2) is 4.39 Å². The van der Waals surface area contributed by atoms with E-state index in [0.29, 0.717) is 43.6 Å². The average molecular weight is 315 g/mol. The molecule has 0 N–H and O–H groups in total. The summed E-state index contributed by atoms with van der Waals surface area (Å²) in [5.41, 5.74) is 0.630. The first-order chi connectivity index (χ1) is 8.72. The molecule has 1 aliphatic rings. The van der Waals surface area contributed by atoms with Gasteiger partial charge in [-0.15, -0.1) is 0 Å². The molecule has 5 heteroatoms. The summed E-state index contributed by atoms with van der Waals surface area (Å²) >= 11 is 3.27. The van der Waals surface area contributed by atoms with E-state index in [1.807, 2.05) is 15.9 Å². The van der Waals surface area contributed by atoms with E-state index in [-0.39, 0.29) is 11.7 Å². The molecular formula is C13H16BrFN2O. The average Bonchev–Trinajstić information content (AvgIpc) is 2.40. The fraction of sp³-hybridized carbons (Fsp3) is 0.462. The molecular weight excluding hydrogens is 299 g/mol. The van der Waals surface area contributed by atoms with Crippen LogP contribution in [-0.4, -0.2) is 42.3 Å². The predicted molar refractivity (Wildman–Crippen MR) is 73.6 cm³/mol. The topological polar surface area (TPSA) is 23.6 Å². The molecule has 1 heterocycles. The zero-order chi connectivity index (χ0) is 13.0. The Morgan fingerprint density at radius 3 is 2.50 bits per heavy atom. The molecule has 2 rings (SSSR count).